The summed E-state index contributed by atoms with van der Waals surface area (Å²) in [6, 6.07) is 5.67. The largest absolute Gasteiger partial charge is 0.493 e. The van der Waals surface area contributed by atoms with Crippen LogP contribution in [0.15, 0.2) is 18.2 Å². The summed E-state index contributed by atoms with van der Waals surface area (Å²) in [5, 5.41) is 9.71. The van der Waals surface area contributed by atoms with Gasteiger partial charge in [0, 0.05) is 0 Å². The highest BCUT2D eigenvalue weighted by molar-refractivity contribution is 5.75. The molecule has 2 rings (SSSR count). The Balaban J connectivity index is 2.24. The summed E-state index contributed by atoms with van der Waals surface area (Å²) < 4.78 is 10.5. The van der Waals surface area contributed by atoms with E-state index in [4.69, 9.17) is 9.47 Å². The Morgan fingerprint density at radius 2 is 2.05 bits per heavy atom. The Morgan fingerprint density at radius 3 is 2.57 bits per heavy atom. The Bertz CT molecular complexity index is 512. The molecule has 0 heterocycles. The normalized spacial score (nSPS) is 24.8. The zero-order valence-corrected chi connectivity index (χ0v) is 13.0. The maximum atomic E-state index is 11.8. The van der Waals surface area contributed by atoms with Crippen molar-refractivity contribution in [1.29, 1.82) is 0 Å². The summed E-state index contributed by atoms with van der Waals surface area (Å²) in [6.07, 6.45) is 4.15. The predicted octanol–water partition coefficient (Wildman–Crippen LogP) is 3.53. The van der Waals surface area contributed by atoms with Gasteiger partial charge in [-0.1, -0.05) is 19.4 Å². The average molecular weight is 292 g/mol. The third kappa shape index (κ3) is 3.14. The molecule has 0 amide bonds. The van der Waals surface area contributed by atoms with Crippen LogP contribution in [0.5, 0.6) is 11.5 Å². The van der Waals surface area contributed by atoms with Gasteiger partial charge in [0.15, 0.2) is 11.5 Å². The van der Waals surface area contributed by atoms with Crippen molar-refractivity contribution in [1.82, 2.24) is 0 Å². The first-order valence-corrected chi connectivity index (χ1v) is 7.49. The maximum Gasteiger partial charge on any atom is 0.309 e. The van der Waals surface area contributed by atoms with E-state index >= 15 is 0 Å². The van der Waals surface area contributed by atoms with Crippen LogP contribution < -0.4 is 9.47 Å². The molecule has 1 N–H and O–H groups in total. The molecule has 21 heavy (non-hydrogen) atoms. The van der Waals surface area contributed by atoms with Crippen molar-refractivity contribution in [3.63, 3.8) is 0 Å². The van der Waals surface area contributed by atoms with Crippen molar-refractivity contribution in [3.8, 4) is 11.5 Å². The van der Waals surface area contributed by atoms with E-state index < -0.39 is 11.4 Å². The second-order valence-corrected chi connectivity index (χ2v) is 5.97. The van der Waals surface area contributed by atoms with Crippen LogP contribution in [0.1, 0.15) is 38.2 Å². The number of ether oxygens (including phenoxy) is 2. The van der Waals surface area contributed by atoms with Gasteiger partial charge in [0.25, 0.3) is 0 Å². The molecule has 4 heteroatoms. The lowest BCUT2D eigenvalue weighted by atomic mass is 9.79. The molecule has 1 fully saturated rings. The molecule has 0 radical (unpaired) electrons. The fraction of sp³-hybridized carbons (Fsp3) is 0.588. The molecular weight excluding hydrogens is 268 g/mol. The van der Waals surface area contributed by atoms with Crippen molar-refractivity contribution >= 4 is 5.97 Å². The lowest BCUT2D eigenvalue weighted by Gasteiger charge is -2.25. The van der Waals surface area contributed by atoms with Gasteiger partial charge in [-0.25, -0.2) is 0 Å². The minimum absolute atomic E-state index is 0.529. The number of carboxylic acid groups (broad SMARTS) is 1. The summed E-state index contributed by atoms with van der Waals surface area (Å²) in [7, 11) is 3.19. The van der Waals surface area contributed by atoms with E-state index in [1.54, 1.807) is 14.2 Å². The number of rotatable bonds is 6. The standard InChI is InChI=1S/C17H24O4/c1-4-12-7-8-17(10-12,16(18)19)11-13-5-6-14(20-2)15(9-13)21-3/h5-6,9,12H,4,7-8,10-11H2,1-3H3,(H,18,19). The Labute approximate surface area is 126 Å². The minimum Gasteiger partial charge on any atom is -0.493 e. The topological polar surface area (TPSA) is 55.8 Å². The average Bonchev–Trinajstić information content (AvgIpc) is 2.92. The van der Waals surface area contributed by atoms with Gasteiger partial charge in [-0.2, -0.15) is 0 Å². The number of carboxylic acids is 1. The van der Waals surface area contributed by atoms with Gasteiger partial charge in [-0.3, -0.25) is 4.79 Å². The Kier molecular flexibility index (Phi) is 4.76. The summed E-state index contributed by atoms with van der Waals surface area (Å²) in [5.74, 6) is 1.18. The van der Waals surface area contributed by atoms with Crippen LogP contribution in [-0.4, -0.2) is 25.3 Å². The highest BCUT2D eigenvalue weighted by atomic mass is 16.5. The number of carbonyl (C=O) groups is 1. The molecule has 1 saturated carbocycles. The third-order valence-electron chi connectivity index (χ3n) is 4.73. The Morgan fingerprint density at radius 1 is 1.33 bits per heavy atom. The van der Waals surface area contributed by atoms with Crippen LogP contribution in [0.3, 0.4) is 0 Å². The van der Waals surface area contributed by atoms with E-state index in [1.807, 2.05) is 18.2 Å². The van der Waals surface area contributed by atoms with Crippen molar-refractivity contribution < 1.29 is 19.4 Å². The monoisotopic (exact) mass is 292 g/mol. The zero-order valence-electron chi connectivity index (χ0n) is 13.0. The lowest BCUT2D eigenvalue weighted by Crippen LogP contribution is -2.30. The summed E-state index contributed by atoms with van der Waals surface area (Å²) in [6.45, 7) is 2.14. The van der Waals surface area contributed by atoms with Gasteiger partial charge >= 0.3 is 5.97 Å². The molecule has 2 atom stereocenters. The molecule has 0 saturated heterocycles. The highest BCUT2D eigenvalue weighted by Crippen LogP contribution is 2.46. The second-order valence-electron chi connectivity index (χ2n) is 5.97. The van der Waals surface area contributed by atoms with E-state index in [0.717, 1.165) is 31.2 Å². The smallest absolute Gasteiger partial charge is 0.309 e. The van der Waals surface area contributed by atoms with Gasteiger partial charge < -0.3 is 14.6 Å². The van der Waals surface area contributed by atoms with Crippen LogP contribution in [0.25, 0.3) is 0 Å². The summed E-state index contributed by atoms with van der Waals surface area (Å²) >= 11 is 0. The van der Waals surface area contributed by atoms with Gasteiger partial charge in [0.2, 0.25) is 0 Å². The van der Waals surface area contributed by atoms with E-state index in [0.29, 0.717) is 23.8 Å². The molecular formula is C17H24O4. The van der Waals surface area contributed by atoms with Crippen LogP contribution in [0, 0.1) is 11.3 Å². The van der Waals surface area contributed by atoms with Gasteiger partial charge in [-0.05, 0) is 49.3 Å². The van der Waals surface area contributed by atoms with Crippen molar-refractivity contribution in [2.75, 3.05) is 14.2 Å². The fourth-order valence-electron chi connectivity index (χ4n) is 3.40. The van der Waals surface area contributed by atoms with E-state index in [-0.39, 0.29) is 0 Å². The molecule has 1 aromatic carbocycles. The van der Waals surface area contributed by atoms with E-state index in [9.17, 15) is 9.90 Å². The third-order valence-corrected chi connectivity index (χ3v) is 4.73. The molecule has 0 spiro atoms. The molecule has 2 unspecified atom stereocenters. The quantitative estimate of drug-likeness (QED) is 0.871. The molecule has 1 aliphatic rings. The molecule has 0 bridgehead atoms. The molecule has 1 aliphatic carbocycles. The van der Waals surface area contributed by atoms with Crippen LogP contribution in [-0.2, 0) is 11.2 Å². The number of hydrogen-bond acceptors (Lipinski definition) is 3. The first kappa shape index (κ1) is 15.7. The van der Waals surface area contributed by atoms with Gasteiger partial charge in [0.1, 0.15) is 0 Å². The minimum atomic E-state index is -0.673. The molecule has 116 valence electrons. The highest BCUT2D eigenvalue weighted by Gasteiger charge is 2.44. The van der Waals surface area contributed by atoms with E-state index in [1.165, 1.54) is 0 Å². The van der Waals surface area contributed by atoms with Crippen LogP contribution in [0.2, 0.25) is 0 Å². The fourth-order valence-corrected chi connectivity index (χ4v) is 3.40. The molecule has 1 aromatic rings. The van der Waals surface area contributed by atoms with Crippen LogP contribution in [0.4, 0.5) is 0 Å². The van der Waals surface area contributed by atoms with Crippen molar-refractivity contribution in [2.45, 2.75) is 39.0 Å². The Hall–Kier alpha value is -1.71. The van der Waals surface area contributed by atoms with E-state index in [2.05, 4.69) is 6.92 Å². The molecule has 0 aromatic heterocycles. The number of methoxy groups -OCH3 is 2. The summed E-state index contributed by atoms with van der Waals surface area (Å²) in [5.41, 5.74) is 0.368. The molecule has 0 aliphatic heterocycles. The first-order valence-electron chi connectivity index (χ1n) is 7.49. The number of benzene rings is 1. The second kappa shape index (κ2) is 6.37. The first-order chi connectivity index (χ1) is 10.0. The summed E-state index contributed by atoms with van der Waals surface area (Å²) in [4.78, 5) is 11.8. The SMILES string of the molecule is CCC1CCC(Cc2ccc(OC)c(OC)c2)(C(=O)O)C1. The van der Waals surface area contributed by atoms with Crippen LogP contribution >= 0.6 is 0 Å². The van der Waals surface area contributed by atoms with Gasteiger partial charge in [0.05, 0.1) is 19.6 Å². The predicted molar refractivity (Wildman–Crippen MR) is 81.0 cm³/mol. The number of aliphatic carboxylic acids is 1. The van der Waals surface area contributed by atoms with Gasteiger partial charge in [-0.15, -0.1) is 0 Å². The zero-order chi connectivity index (χ0) is 15.5. The maximum absolute atomic E-state index is 11.8. The van der Waals surface area contributed by atoms with Crippen molar-refractivity contribution in [3.05, 3.63) is 23.8 Å². The van der Waals surface area contributed by atoms with Crippen molar-refractivity contribution in [2.24, 2.45) is 11.3 Å². The number of hydrogen-bond donors (Lipinski definition) is 1. The lowest BCUT2D eigenvalue weighted by molar-refractivity contribution is -0.148. The molecule has 4 nitrogen and oxygen atoms in total.